The number of aryl methyl sites for hydroxylation is 3. The van der Waals surface area contributed by atoms with Gasteiger partial charge in [-0.1, -0.05) is 54.1 Å². The number of para-hydroxylation sites is 3. The number of rotatable bonds is 11. The predicted octanol–water partition coefficient (Wildman–Crippen LogP) is 5.82. The average Bonchev–Trinajstić information content (AvgIpc) is 3.20. The van der Waals surface area contributed by atoms with Gasteiger partial charge in [0.1, 0.15) is 11.6 Å². The lowest BCUT2D eigenvalue weighted by Crippen LogP contribution is -2.27. The van der Waals surface area contributed by atoms with Gasteiger partial charge < -0.3 is 14.6 Å². The number of benzene rings is 3. The van der Waals surface area contributed by atoms with Gasteiger partial charge in [0.25, 0.3) is 5.91 Å². The van der Waals surface area contributed by atoms with Crippen molar-refractivity contribution >= 4 is 16.9 Å². The normalized spacial score (nSPS) is 10.9. The Balaban J connectivity index is 1.39. The highest BCUT2D eigenvalue weighted by molar-refractivity contribution is 5.95. The van der Waals surface area contributed by atoms with Crippen LogP contribution in [0, 0.1) is 13.8 Å². The van der Waals surface area contributed by atoms with Gasteiger partial charge in [0.15, 0.2) is 0 Å². The molecule has 4 rings (SSSR count). The van der Waals surface area contributed by atoms with Crippen molar-refractivity contribution in [2.24, 2.45) is 0 Å². The van der Waals surface area contributed by atoms with E-state index in [0.717, 1.165) is 64.2 Å². The molecule has 0 bridgehead atoms. The molecule has 0 aliphatic rings. The summed E-state index contributed by atoms with van der Waals surface area (Å²) in [4.78, 5) is 17.5. The fourth-order valence-electron chi connectivity index (χ4n) is 4.39. The maximum Gasteiger partial charge on any atom is 0.251 e. The van der Waals surface area contributed by atoms with Crippen LogP contribution in [0.3, 0.4) is 0 Å². The van der Waals surface area contributed by atoms with Crippen LogP contribution in [0.5, 0.6) is 5.75 Å². The minimum absolute atomic E-state index is 0.0447. The fraction of sp³-hybridized carbons (Fsp3) is 0.267. The van der Waals surface area contributed by atoms with E-state index in [4.69, 9.17) is 9.72 Å². The highest BCUT2D eigenvalue weighted by atomic mass is 16.5. The predicted molar refractivity (Wildman–Crippen MR) is 142 cm³/mol. The molecule has 5 nitrogen and oxygen atoms in total. The minimum atomic E-state index is -0.0447. The molecule has 0 saturated carbocycles. The number of amides is 1. The zero-order chi connectivity index (χ0) is 24.6. The summed E-state index contributed by atoms with van der Waals surface area (Å²) >= 11 is 0. The second-order valence-electron chi connectivity index (χ2n) is 8.80. The van der Waals surface area contributed by atoms with Gasteiger partial charge in [-0.05, 0) is 62.1 Å². The number of imidazole rings is 1. The maximum absolute atomic E-state index is 12.7. The topological polar surface area (TPSA) is 56.1 Å². The van der Waals surface area contributed by atoms with E-state index in [1.54, 1.807) is 0 Å². The summed E-state index contributed by atoms with van der Waals surface area (Å²) in [6, 6.07) is 22.2. The molecular formula is C30H33N3O2. The smallest absolute Gasteiger partial charge is 0.251 e. The van der Waals surface area contributed by atoms with Crippen LogP contribution in [-0.4, -0.2) is 28.6 Å². The molecule has 0 spiro atoms. The van der Waals surface area contributed by atoms with Crippen LogP contribution >= 0.6 is 0 Å². The summed E-state index contributed by atoms with van der Waals surface area (Å²) < 4.78 is 8.33. The largest absolute Gasteiger partial charge is 0.493 e. The molecule has 0 aliphatic heterocycles. The van der Waals surface area contributed by atoms with E-state index in [0.29, 0.717) is 19.6 Å². The highest BCUT2D eigenvalue weighted by Crippen LogP contribution is 2.20. The Bertz CT molecular complexity index is 1320. The lowest BCUT2D eigenvalue weighted by Gasteiger charge is -2.13. The Morgan fingerprint density at radius 2 is 1.89 bits per heavy atom. The first-order valence-corrected chi connectivity index (χ1v) is 12.2. The molecule has 0 atom stereocenters. The Hall–Kier alpha value is -3.86. The summed E-state index contributed by atoms with van der Waals surface area (Å²) in [6.45, 7) is 9.78. The first kappa shape index (κ1) is 24.3. The number of aromatic nitrogens is 2. The third kappa shape index (κ3) is 5.99. The molecule has 1 amide bonds. The molecule has 5 heteroatoms. The fourth-order valence-corrected chi connectivity index (χ4v) is 4.39. The van der Waals surface area contributed by atoms with Gasteiger partial charge in [-0.2, -0.15) is 0 Å². The van der Waals surface area contributed by atoms with Crippen LogP contribution in [0.15, 0.2) is 79.4 Å². The molecule has 4 aromatic rings. The van der Waals surface area contributed by atoms with Gasteiger partial charge in [0, 0.05) is 25.1 Å². The third-order valence-corrected chi connectivity index (χ3v) is 6.11. The molecule has 1 heterocycles. The molecule has 3 aromatic carbocycles. The Morgan fingerprint density at radius 3 is 2.71 bits per heavy atom. The summed E-state index contributed by atoms with van der Waals surface area (Å²) in [5, 5.41) is 3.06. The number of carbonyl (C=O) groups is 1. The number of allylic oxidation sites excluding steroid dienone is 1. The lowest BCUT2D eigenvalue weighted by atomic mass is 10.1. The van der Waals surface area contributed by atoms with Crippen molar-refractivity contribution < 1.29 is 9.53 Å². The van der Waals surface area contributed by atoms with Crippen molar-refractivity contribution in [1.82, 2.24) is 14.9 Å². The van der Waals surface area contributed by atoms with E-state index in [-0.39, 0.29) is 5.91 Å². The highest BCUT2D eigenvalue weighted by Gasteiger charge is 2.13. The molecule has 0 aliphatic carbocycles. The molecule has 1 N–H and O–H groups in total. The molecule has 0 fully saturated rings. The van der Waals surface area contributed by atoms with Crippen LogP contribution in [-0.2, 0) is 19.4 Å². The number of fused-ring (bicyclic) bond motifs is 1. The first-order valence-electron chi connectivity index (χ1n) is 12.2. The van der Waals surface area contributed by atoms with Crippen LogP contribution < -0.4 is 10.1 Å². The molecule has 35 heavy (non-hydrogen) atoms. The van der Waals surface area contributed by atoms with Crippen LogP contribution in [0.2, 0.25) is 0 Å². The van der Waals surface area contributed by atoms with Crippen molar-refractivity contribution in [3.63, 3.8) is 0 Å². The van der Waals surface area contributed by atoms with E-state index in [9.17, 15) is 4.79 Å². The van der Waals surface area contributed by atoms with Crippen molar-refractivity contribution in [3.8, 4) is 5.75 Å². The SMILES string of the molecule is C=CCc1ccccc1OCCCn1c(CCNC(=O)c2ccc(C)cc2C)nc2ccccc21. The van der Waals surface area contributed by atoms with Gasteiger partial charge >= 0.3 is 0 Å². The van der Waals surface area contributed by atoms with Crippen molar-refractivity contribution in [2.45, 2.75) is 39.7 Å². The average molecular weight is 468 g/mol. The van der Waals surface area contributed by atoms with Crippen molar-refractivity contribution in [3.05, 3.63) is 107 Å². The molecule has 1 aromatic heterocycles. The monoisotopic (exact) mass is 467 g/mol. The van der Waals surface area contributed by atoms with Crippen molar-refractivity contribution in [1.29, 1.82) is 0 Å². The maximum atomic E-state index is 12.7. The number of nitrogens with zero attached hydrogens (tertiary/aromatic N) is 2. The van der Waals surface area contributed by atoms with Crippen LogP contribution in [0.1, 0.15) is 39.3 Å². The molecular weight excluding hydrogens is 434 g/mol. The summed E-state index contributed by atoms with van der Waals surface area (Å²) in [5.74, 6) is 1.84. The van der Waals surface area contributed by atoms with Gasteiger partial charge in [0.2, 0.25) is 0 Å². The molecule has 0 unspecified atom stereocenters. The van der Waals surface area contributed by atoms with Gasteiger partial charge in [-0.3, -0.25) is 4.79 Å². The van der Waals surface area contributed by atoms with Crippen LogP contribution in [0.25, 0.3) is 11.0 Å². The standard InChI is InChI=1S/C30H33N3O2/c1-4-10-24-11-5-8-14-28(24)35-20-9-19-33-27-13-7-6-12-26(27)32-29(33)17-18-31-30(34)25-16-15-22(2)21-23(25)3/h4-8,11-16,21H,1,9-10,17-20H2,2-3H3,(H,31,34). The van der Waals surface area contributed by atoms with Gasteiger partial charge in [0.05, 0.1) is 17.6 Å². The van der Waals surface area contributed by atoms with E-state index < -0.39 is 0 Å². The summed E-state index contributed by atoms with van der Waals surface area (Å²) in [5.41, 5.74) is 6.09. The van der Waals surface area contributed by atoms with E-state index in [1.807, 2.05) is 74.5 Å². The zero-order valence-electron chi connectivity index (χ0n) is 20.6. The lowest BCUT2D eigenvalue weighted by molar-refractivity contribution is 0.0953. The molecule has 0 radical (unpaired) electrons. The van der Waals surface area contributed by atoms with Gasteiger partial charge in [-0.15, -0.1) is 6.58 Å². The zero-order valence-corrected chi connectivity index (χ0v) is 20.6. The number of ether oxygens (including phenoxy) is 1. The van der Waals surface area contributed by atoms with Crippen molar-refractivity contribution in [2.75, 3.05) is 13.2 Å². The number of nitrogens with one attached hydrogen (secondary N) is 1. The Labute approximate surface area is 207 Å². The molecule has 0 saturated heterocycles. The number of hydrogen-bond donors (Lipinski definition) is 1. The summed E-state index contributed by atoms with van der Waals surface area (Å²) in [6.07, 6.45) is 4.20. The Morgan fingerprint density at radius 1 is 1.09 bits per heavy atom. The van der Waals surface area contributed by atoms with Crippen LogP contribution in [0.4, 0.5) is 0 Å². The molecule has 180 valence electrons. The second-order valence-corrected chi connectivity index (χ2v) is 8.80. The van der Waals surface area contributed by atoms with E-state index >= 15 is 0 Å². The number of carbonyl (C=O) groups excluding carboxylic acids is 1. The third-order valence-electron chi connectivity index (χ3n) is 6.11. The first-order chi connectivity index (χ1) is 17.1. The summed E-state index contributed by atoms with van der Waals surface area (Å²) in [7, 11) is 0. The number of hydrogen-bond acceptors (Lipinski definition) is 3. The Kier molecular flexibility index (Phi) is 7.99. The van der Waals surface area contributed by atoms with E-state index in [1.165, 1.54) is 0 Å². The van der Waals surface area contributed by atoms with Gasteiger partial charge in [-0.25, -0.2) is 4.98 Å². The second kappa shape index (κ2) is 11.5. The van der Waals surface area contributed by atoms with E-state index in [2.05, 4.69) is 28.6 Å². The quantitative estimate of drug-likeness (QED) is 0.223. The minimum Gasteiger partial charge on any atom is -0.493 e.